The summed E-state index contributed by atoms with van der Waals surface area (Å²) in [6.07, 6.45) is 1.87. The van der Waals surface area contributed by atoms with Crippen LogP contribution in [0.4, 0.5) is 8.78 Å². The predicted molar refractivity (Wildman–Crippen MR) is 108 cm³/mol. The van der Waals surface area contributed by atoms with Crippen molar-refractivity contribution in [3.05, 3.63) is 58.6 Å². The highest BCUT2D eigenvalue weighted by atomic mass is 19.3. The Labute approximate surface area is 172 Å². The molecule has 6 nitrogen and oxygen atoms in total. The Morgan fingerprint density at radius 2 is 2.17 bits per heavy atom. The van der Waals surface area contributed by atoms with Crippen molar-refractivity contribution >= 4 is 16.9 Å². The van der Waals surface area contributed by atoms with Gasteiger partial charge >= 0.3 is 0 Å². The van der Waals surface area contributed by atoms with Crippen molar-refractivity contribution in [2.75, 3.05) is 13.1 Å². The van der Waals surface area contributed by atoms with Crippen LogP contribution in [0.2, 0.25) is 0 Å². The fourth-order valence-electron chi connectivity index (χ4n) is 4.10. The zero-order chi connectivity index (χ0) is 21.5. The fourth-order valence-corrected chi connectivity index (χ4v) is 4.10. The predicted octanol–water partition coefficient (Wildman–Crippen LogP) is 3.83. The number of nitrogens with two attached hydrogens (primary N) is 1. The molecule has 1 aliphatic rings. The third-order valence-electron chi connectivity index (χ3n) is 5.61. The minimum absolute atomic E-state index is 0.123. The second-order valence-corrected chi connectivity index (χ2v) is 7.56. The highest BCUT2D eigenvalue weighted by Gasteiger charge is 2.45. The first kappa shape index (κ1) is 20.3. The van der Waals surface area contributed by atoms with Crippen LogP contribution in [0.5, 0.6) is 5.75 Å². The Kier molecular flexibility index (Phi) is 5.19. The molecule has 1 amide bonds. The number of alkyl halides is 2. The van der Waals surface area contributed by atoms with Crippen molar-refractivity contribution in [1.82, 2.24) is 10.3 Å². The average molecular weight is 415 g/mol. The number of halogens is 2. The molecule has 0 bridgehead atoms. The molecule has 0 spiro atoms. The van der Waals surface area contributed by atoms with E-state index in [0.717, 1.165) is 11.3 Å². The Balaban J connectivity index is 1.88. The quantitative estimate of drug-likeness (QED) is 0.661. The van der Waals surface area contributed by atoms with E-state index in [-0.39, 0.29) is 24.2 Å². The number of amides is 1. The summed E-state index contributed by atoms with van der Waals surface area (Å²) in [4.78, 5) is 16.4. The lowest BCUT2D eigenvalue weighted by Crippen LogP contribution is -2.44. The molecule has 0 saturated carbocycles. The number of fused-ring (bicyclic) bond motifs is 1. The molecule has 1 saturated heterocycles. The highest BCUT2D eigenvalue weighted by Crippen LogP contribution is 2.47. The molecule has 0 radical (unpaired) electrons. The summed E-state index contributed by atoms with van der Waals surface area (Å²) >= 11 is 0. The molecule has 0 aliphatic carbocycles. The van der Waals surface area contributed by atoms with Crippen molar-refractivity contribution in [3.8, 4) is 5.75 Å². The Hall–Kier alpha value is -3.00. The second kappa shape index (κ2) is 7.68. The average Bonchev–Trinajstić information content (AvgIpc) is 3.03. The van der Waals surface area contributed by atoms with Crippen LogP contribution in [0.3, 0.4) is 0 Å². The molecule has 1 fully saturated rings. The number of nitrogens with one attached hydrogen (secondary N) is 1. The first-order valence-corrected chi connectivity index (χ1v) is 9.77. The van der Waals surface area contributed by atoms with E-state index in [0.29, 0.717) is 29.0 Å². The van der Waals surface area contributed by atoms with Crippen LogP contribution in [-0.2, 0) is 6.61 Å². The maximum atomic E-state index is 15.0. The monoisotopic (exact) mass is 415 g/mol. The molecule has 8 heteroatoms. The third-order valence-corrected chi connectivity index (χ3v) is 5.61. The lowest BCUT2D eigenvalue weighted by molar-refractivity contribution is -0.0423. The summed E-state index contributed by atoms with van der Waals surface area (Å²) in [6.45, 7) is 3.61. The number of carbonyl (C=O) groups is 1. The summed E-state index contributed by atoms with van der Waals surface area (Å²) in [5, 5.41) is 3.05. The first-order valence-electron chi connectivity index (χ1n) is 9.77. The van der Waals surface area contributed by atoms with Crippen molar-refractivity contribution in [3.63, 3.8) is 0 Å². The number of pyridine rings is 1. The molecule has 1 unspecified atom stereocenters. The smallest absolute Gasteiger partial charge is 0.267 e. The van der Waals surface area contributed by atoms with Crippen molar-refractivity contribution in [2.24, 2.45) is 5.73 Å². The zero-order valence-corrected chi connectivity index (χ0v) is 16.8. The van der Waals surface area contributed by atoms with E-state index in [1.165, 1.54) is 0 Å². The number of piperidine rings is 1. The minimum atomic E-state index is -3.02. The van der Waals surface area contributed by atoms with Gasteiger partial charge in [-0.1, -0.05) is 6.07 Å². The van der Waals surface area contributed by atoms with Crippen molar-refractivity contribution in [2.45, 2.75) is 38.7 Å². The number of furan rings is 1. The van der Waals surface area contributed by atoms with Gasteiger partial charge in [0.25, 0.3) is 11.8 Å². The summed E-state index contributed by atoms with van der Waals surface area (Å²) in [5.41, 5.74) is 7.96. The maximum absolute atomic E-state index is 15.0. The van der Waals surface area contributed by atoms with Crippen LogP contribution in [-0.4, -0.2) is 29.9 Å². The van der Waals surface area contributed by atoms with Gasteiger partial charge in [0.2, 0.25) is 0 Å². The summed E-state index contributed by atoms with van der Waals surface area (Å²) in [7, 11) is 0. The van der Waals surface area contributed by atoms with Gasteiger partial charge in [-0.15, -0.1) is 0 Å². The van der Waals surface area contributed by atoms with E-state index in [1.807, 2.05) is 13.0 Å². The van der Waals surface area contributed by atoms with Gasteiger partial charge in [-0.3, -0.25) is 9.78 Å². The Bertz CT molecular complexity index is 1110. The fraction of sp³-hybridized carbons (Fsp3) is 0.364. The van der Waals surface area contributed by atoms with E-state index in [4.69, 9.17) is 14.9 Å². The number of hydrogen-bond donors (Lipinski definition) is 2. The second-order valence-electron chi connectivity index (χ2n) is 7.56. The van der Waals surface area contributed by atoms with Crippen LogP contribution in [0, 0.1) is 13.8 Å². The number of aromatic nitrogens is 1. The van der Waals surface area contributed by atoms with Gasteiger partial charge in [0, 0.05) is 28.4 Å². The van der Waals surface area contributed by atoms with Gasteiger partial charge in [-0.25, -0.2) is 8.78 Å². The molecule has 1 atom stereocenters. The number of carbonyl (C=O) groups excluding carboxylic acids is 1. The number of hydrogen-bond acceptors (Lipinski definition) is 5. The number of aryl methyl sites for hydroxylation is 2. The molecule has 1 aliphatic heterocycles. The van der Waals surface area contributed by atoms with E-state index in [2.05, 4.69) is 10.3 Å². The largest absolute Gasteiger partial charge is 0.489 e. The normalized spacial score (nSPS) is 18.5. The van der Waals surface area contributed by atoms with Gasteiger partial charge in [-0.2, -0.15) is 0 Å². The van der Waals surface area contributed by atoms with Crippen molar-refractivity contribution < 1.29 is 22.7 Å². The molecule has 2 aromatic heterocycles. The van der Waals surface area contributed by atoms with Gasteiger partial charge in [0.15, 0.2) is 0 Å². The minimum Gasteiger partial charge on any atom is -0.489 e. The molecular formula is C22H23F2N3O3. The molecule has 3 heterocycles. The van der Waals surface area contributed by atoms with Crippen LogP contribution in [0.15, 0.2) is 34.9 Å². The Morgan fingerprint density at radius 1 is 1.37 bits per heavy atom. The zero-order valence-electron chi connectivity index (χ0n) is 16.8. The van der Waals surface area contributed by atoms with E-state index in [9.17, 15) is 13.6 Å². The van der Waals surface area contributed by atoms with E-state index >= 15 is 0 Å². The highest BCUT2D eigenvalue weighted by molar-refractivity contribution is 6.08. The number of benzene rings is 1. The summed E-state index contributed by atoms with van der Waals surface area (Å²) in [5.74, 6) is -4.28. The first-order chi connectivity index (χ1) is 14.3. The standard InChI is InChI=1S/C22H23F2N3O3/c1-12-14(4-3-8-27-12)10-29-16-5-6-17-20(18(21(25)28)13(2)30-17)19(16)15-7-9-26-11-22(15,23)24/h3-6,8,15,26H,7,9-11H2,1-2H3,(H2,25,28). The summed E-state index contributed by atoms with van der Waals surface area (Å²) < 4.78 is 41.6. The van der Waals surface area contributed by atoms with Crippen LogP contribution in [0.1, 0.15) is 45.3 Å². The van der Waals surface area contributed by atoms with Crippen LogP contribution in [0.25, 0.3) is 11.0 Å². The molecule has 158 valence electrons. The Morgan fingerprint density at radius 3 is 2.87 bits per heavy atom. The molecule has 3 aromatic rings. The van der Waals surface area contributed by atoms with Gasteiger partial charge in [-0.05, 0) is 45.0 Å². The SMILES string of the molecule is Cc1ncccc1COc1ccc2oc(C)c(C(N)=O)c2c1C1CCNCC1(F)F. The number of primary amides is 1. The summed E-state index contributed by atoms with van der Waals surface area (Å²) in [6, 6.07) is 6.91. The maximum Gasteiger partial charge on any atom is 0.267 e. The van der Waals surface area contributed by atoms with E-state index < -0.39 is 24.3 Å². The third kappa shape index (κ3) is 3.52. The van der Waals surface area contributed by atoms with Crippen LogP contribution < -0.4 is 15.8 Å². The number of ether oxygens (including phenoxy) is 1. The van der Waals surface area contributed by atoms with E-state index in [1.54, 1.807) is 31.3 Å². The number of rotatable bonds is 5. The molecular weight excluding hydrogens is 392 g/mol. The molecule has 3 N–H and O–H groups in total. The molecule has 1 aromatic carbocycles. The van der Waals surface area contributed by atoms with Gasteiger partial charge in [0.05, 0.1) is 18.0 Å². The lowest BCUT2D eigenvalue weighted by atomic mass is 9.83. The van der Waals surface area contributed by atoms with Crippen molar-refractivity contribution in [1.29, 1.82) is 0 Å². The molecule has 4 rings (SSSR count). The number of nitrogens with zero attached hydrogens (tertiary/aromatic N) is 1. The lowest BCUT2D eigenvalue weighted by Gasteiger charge is -2.33. The molecule has 30 heavy (non-hydrogen) atoms. The van der Waals surface area contributed by atoms with Gasteiger partial charge < -0.3 is 20.2 Å². The van der Waals surface area contributed by atoms with Gasteiger partial charge in [0.1, 0.15) is 23.7 Å². The topological polar surface area (TPSA) is 90.4 Å². The van der Waals surface area contributed by atoms with Crippen LogP contribution >= 0.6 is 0 Å².